The van der Waals surface area contributed by atoms with Crippen molar-refractivity contribution in [1.29, 1.82) is 0 Å². The topological polar surface area (TPSA) is 37.7 Å². The highest BCUT2D eigenvalue weighted by Crippen LogP contribution is 2.32. The predicted octanol–water partition coefficient (Wildman–Crippen LogP) is 4.04. The zero-order valence-electron chi connectivity index (χ0n) is 12.8. The summed E-state index contributed by atoms with van der Waals surface area (Å²) in [4.78, 5) is 11.1. The molecule has 2 rings (SSSR count). The number of aromatic nitrogens is 1. The van der Waals surface area contributed by atoms with Crippen LogP contribution in [0.1, 0.15) is 25.5 Å². The van der Waals surface area contributed by atoms with Gasteiger partial charge in [-0.2, -0.15) is 11.8 Å². The highest BCUT2D eigenvalue weighted by atomic mass is 79.9. The molecule has 1 saturated heterocycles. The maximum atomic E-state index is 6.04. The fourth-order valence-electron chi connectivity index (χ4n) is 1.96. The minimum Gasteiger partial charge on any atom is -0.473 e. The van der Waals surface area contributed by atoms with Crippen LogP contribution in [-0.2, 0) is 0 Å². The fourth-order valence-corrected chi connectivity index (χ4v) is 3.42. The van der Waals surface area contributed by atoms with Crippen LogP contribution in [0.5, 0.6) is 5.88 Å². The SMILES string of the molecule is CCN(C)/C=N/c1cc(Br)c(OC2CCSCC2)nc1C. The van der Waals surface area contributed by atoms with Gasteiger partial charge < -0.3 is 9.64 Å². The third-order valence-electron chi connectivity index (χ3n) is 3.45. The van der Waals surface area contributed by atoms with Gasteiger partial charge in [-0.15, -0.1) is 0 Å². The number of halogens is 1. The van der Waals surface area contributed by atoms with E-state index in [1.54, 1.807) is 0 Å². The molecule has 21 heavy (non-hydrogen) atoms. The molecule has 1 aliphatic heterocycles. The van der Waals surface area contributed by atoms with E-state index < -0.39 is 0 Å². The Labute approximate surface area is 139 Å². The number of aryl methyl sites for hydroxylation is 1. The third kappa shape index (κ3) is 4.88. The number of hydrogen-bond donors (Lipinski definition) is 0. The largest absolute Gasteiger partial charge is 0.473 e. The van der Waals surface area contributed by atoms with Crippen LogP contribution in [0.4, 0.5) is 5.69 Å². The van der Waals surface area contributed by atoms with E-state index in [-0.39, 0.29) is 6.10 Å². The van der Waals surface area contributed by atoms with Gasteiger partial charge in [0.25, 0.3) is 0 Å². The van der Waals surface area contributed by atoms with E-state index in [1.807, 2.05) is 43.0 Å². The quantitative estimate of drug-likeness (QED) is 0.578. The number of rotatable bonds is 5. The van der Waals surface area contributed by atoms with Crippen LogP contribution in [-0.4, -0.2) is 47.4 Å². The molecule has 0 unspecified atom stereocenters. The van der Waals surface area contributed by atoms with Gasteiger partial charge in [-0.1, -0.05) is 0 Å². The van der Waals surface area contributed by atoms with Crippen LogP contribution in [0, 0.1) is 6.92 Å². The molecule has 1 aromatic rings. The molecule has 2 heterocycles. The predicted molar refractivity (Wildman–Crippen MR) is 94.1 cm³/mol. The molecule has 0 bridgehead atoms. The Balaban J connectivity index is 2.10. The Kier molecular flexibility index (Phi) is 6.36. The van der Waals surface area contributed by atoms with Crippen molar-refractivity contribution in [3.63, 3.8) is 0 Å². The van der Waals surface area contributed by atoms with E-state index in [1.165, 1.54) is 11.5 Å². The van der Waals surface area contributed by atoms with Gasteiger partial charge in [0, 0.05) is 13.6 Å². The molecule has 0 N–H and O–H groups in total. The van der Waals surface area contributed by atoms with E-state index in [0.29, 0.717) is 5.88 Å². The lowest BCUT2D eigenvalue weighted by Crippen LogP contribution is -2.22. The lowest BCUT2D eigenvalue weighted by Gasteiger charge is -2.23. The summed E-state index contributed by atoms with van der Waals surface area (Å²) in [5.74, 6) is 3.03. The zero-order chi connectivity index (χ0) is 15.2. The van der Waals surface area contributed by atoms with Crippen LogP contribution in [0.25, 0.3) is 0 Å². The number of ether oxygens (including phenoxy) is 1. The fraction of sp³-hybridized carbons (Fsp3) is 0.600. The Morgan fingerprint density at radius 1 is 1.52 bits per heavy atom. The van der Waals surface area contributed by atoms with Gasteiger partial charge in [-0.25, -0.2) is 9.98 Å². The van der Waals surface area contributed by atoms with Crippen molar-refractivity contribution in [2.75, 3.05) is 25.1 Å². The molecule has 1 aromatic heterocycles. The minimum atomic E-state index is 0.287. The smallest absolute Gasteiger partial charge is 0.228 e. The molecule has 4 nitrogen and oxygen atoms in total. The summed E-state index contributed by atoms with van der Waals surface area (Å²) in [6, 6.07) is 1.98. The number of thioether (sulfide) groups is 1. The van der Waals surface area contributed by atoms with Crippen LogP contribution in [0.15, 0.2) is 15.5 Å². The molecule has 0 saturated carbocycles. The highest BCUT2D eigenvalue weighted by Gasteiger charge is 2.18. The van der Waals surface area contributed by atoms with Crippen LogP contribution in [0.3, 0.4) is 0 Å². The average Bonchev–Trinajstić information content (AvgIpc) is 2.50. The van der Waals surface area contributed by atoms with Gasteiger partial charge >= 0.3 is 0 Å². The molecule has 0 aromatic carbocycles. The minimum absolute atomic E-state index is 0.287. The van der Waals surface area contributed by atoms with E-state index in [9.17, 15) is 0 Å². The number of nitrogens with zero attached hydrogens (tertiary/aromatic N) is 3. The van der Waals surface area contributed by atoms with E-state index in [4.69, 9.17) is 4.74 Å². The van der Waals surface area contributed by atoms with Gasteiger partial charge in [0.1, 0.15) is 6.10 Å². The van der Waals surface area contributed by atoms with Crippen LogP contribution < -0.4 is 4.74 Å². The molecular weight excluding hydrogens is 350 g/mol. The molecule has 116 valence electrons. The molecular formula is C15H22BrN3OS. The van der Waals surface area contributed by atoms with Crippen molar-refractivity contribution in [1.82, 2.24) is 9.88 Å². The van der Waals surface area contributed by atoms with Gasteiger partial charge in [0.05, 0.1) is 22.2 Å². The number of aliphatic imine (C=N–C) groups is 1. The Morgan fingerprint density at radius 3 is 2.90 bits per heavy atom. The average molecular weight is 372 g/mol. The van der Waals surface area contributed by atoms with E-state index in [2.05, 4.69) is 32.8 Å². The van der Waals surface area contributed by atoms with Crippen LogP contribution >= 0.6 is 27.7 Å². The third-order valence-corrected chi connectivity index (χ3v) is 5.06. The lowest BCUT2D eigenvalue weighted by molar-refractivity contribution is 0.183. The second-order valence-electron chi connectivity index (χ2n) is 5.13. The first-order valence-electron chi connectivity index (χ1n) is 7.26. The Bertz CT molecular complexity index is 504. The first-order valence-corrected chi connectivity index (χ1v) is 9.21. The zero-order valence-corrected chi connectivity index (χ0v) is 15.2. The summed E-state index contributed by atoms with van der Waals surface area (Å²) in [5.41, 5.74) is 1.76. The molecule has 0 atom stereocenters. The Morgan fingerprint density at radius 2 is 2.24 bits per heavy atom. The lowest BCUT2D eigenvalue weighted by atomic mass is 10.2. The highest BCUT2D eigenvalue weighted by molar-refractivity contribution is 9.10. The van der Waals surface area contributed by atoms with Crippen molar-refractivity contribution in [2.24, 2.45) is 4.99 Å². The van der Waals surface area contributed by atoms with Gasteiger partial charge in [-0.05, 0) is 60.2 Å². The first-order chi connectivity index (χ1) is 10.1. The molecule has 1 fully saturated rings. The van der Waals surface area contributed by atoms with Crippen molar-refractivity contribution >= 4 is 39.7 Å². The summed E-state index contributed by atoms with van der Waals surface area (Å²) in [6.07, 6.45) is 4.31. The number of hydrogen-bond acceptors (Lipinski definition) is 4. The number of pyridine rings is 1. The maximum Gasteiger partial charge on any atom is 0.228 e. The normalized spacial score (nSPS) is 16.4. The van der Waals surface area contributed by atoms with E-state index in [0.717, 1.165) is 35.2 Å². The first kappa shape index (κ1) is 16.6. The summed E-state index contributed by atoms with van der Waals surface area (Å²) in [5, 5.41) is 0. The van der Waals surface area contributed by atoms with Crippen molar-refractivity contribution in [2.45, 2.75) is 32.8 Å². The Hall–Kier alpha value is -0.750. The molecule has 0 radical (unpaired) electrons. The van der Waals surface area contributed by atoms with Crippen LogP contribution in [0.2, 0.25) is 0 Å². The second-order valence-corrected chi connectivity index (χ2v) is 7.21. The molecule has 0 aliphatic carbocycles. The summed E-state index contributed by atoms with van der Waals surface area (Å²) < 4.78 is 6.91. The molecule has 0 amide bonds. The van der Waals surface area contributed by atoms with Crippen molar-refractivity contribution in [3.05, 3.63) is 16.2 Å². The van der Waals surface area contributed by atoms with Gasteiger partial charge in [0.15, 0.2) is 0 Å². The van der Waals surface area contributed by atoms with Gasteiger partial charge in [-0.3, -0.25) is 0 Å². The molecule has 0 spiro atoms. The van der Waals surface area contributed by atoms with Crippen molar-refractivity contribution < 1.29 is 4.74 Å². The monoisotopic (exact) mass is 371 g/mol. The maximum absolute atomic E-state index is 6.04. The summed E-state index contributed by atoms with van der Waals surface area (Å²) in [6.45, 7) is 4.99. The van der Waals surface area contributed by atoms with Crippen molar-refractivity contribution in [3.8, 4) is 5.88 Å². The van der Waals surface area contributed by atoms with E-state index >= 15 is 0 Å². The van der Waals surface area contributed by atoms with Gasteiger partial charge in [0.2, 0.25) is 5.88 Å². The molecule has 1 aliphatic rings. The second kappa shape index (κ2) is 8.03. The molecule has 6 heteroatoms. The summed E-state index contributed by atoms with van der Waals surface area (Å²) >= 11 is 5.55. The summed E-state index contributed by atoms with van der Waals surface area (Å²) in [7, 11) is 2.00. The standard InChI is InChI=1S/C15H22BrN3OS/c1-4-19(3)10-17-14-9-13(16)15(18-11(14)2)20-12-5-7-21-8-6-12/h9-10,12H,4-8H2,1-3H3/b17-10+.